The zero-order chi connectivity index (χ0) is 27.2. The molecular weight excluding hydrogens is 504 g/mol. The highest BCUT2D eigenvalue weighted by atomic mass is 32.2. The number of aryl methyl sites for hydroxylation is 1. The largest absolute Gasteiger partial charge is 0.497 e. The van der Waals surface area contributed by atoms with Gasteiger partial charge >= 0.3 is 5.97 Å². The highest BCUT2D eigenvalue weighted by molar-refractivity contribution is 8.04. The van der Waals surface area contributed by atoms with E-state index in [2.05, 4.69) is 5.32 Å². The van der Waals surface area contributed by atoms with Crippen molar-refractivity contribution in [1.29, 1.82) is 0 Å². The number of imide groups is 1. The number of thioether (sulfide) groups is 1. The van der Waals surface area contributed by atoms with Gasteiger partial charge in [0.05, 0.1) is 37.8 Å². The number of amides is 2. The molecule has 0 saturated carbocycles. The van der Waals surface area contributed by atoms with E-state index in [1.54, 1.807) is 30.3 Å². The molecule has 3 aromatic rings. The number of rotatable bonds is 10. The van der Waals surface area contributed by atoms with Crippen molar-refractivity contribution in [3.63, 3.8) is 0 Å². The van der Waals surface area contributed by atoms with Crippen LogP contribution >= 0.6 is 11.8 Å². The molecule has 3 aromatic carbocycles. The molecule has 2 amide bonds. The smallest absolute Gasteiger partial charge is 0.338 e. The molecule has 0 saturated heterocycles. The van der Waals surface area contributed by atoms with Crippen LogP contribution in [0, 0.1) is 6.92 Å². The second-order valence-electron chi connectivity index (χ2n) is 8.44. The Morgan fingerprint density at radius 3 is 2.26 bits per heavy atom. The van der Waals surface area contributed by atoms with Crippen LogP contribution in [-0.2, 0) is 14.3 Å². The van der Waals surface area contributed by atoms with Gasteiger partial charge in [-0.1, -0.05) is 36.4 Å². The molecule has 0 unspecified atom stereocenters. The fourth-order valence-electron chi connectivity index (χ4n) is 3.74. The van der Waals surface area contributed by atoms with Gasteiger partial charge in [-0.3, -0.25) is 9.59 Å². The minimum atomic E-state index is -0.532. The number of nitrogens with zero attached hydrogens (tertiary/aromatic N) is 1. The lowest BCUT2D eigenvalue weighted by Gasteiger charge is -2.16. The van der Waals surface area contributed by atoms with E-state index in [-0.39, 0.29) is 10.6 Å². The molecule has 0 spiro atoms. The van der Waals surface area contributed by atoms with E-state index >= 15 is 0 Å². The molecule has 9 heteroatoms. The van der Waals surface area contributed by atoms with Crippen molar-refractivity contribution in [3.05, 3.63) is 88.5 Å². The summed E-state index contributed by atoms with van der Waals surface area (Å²) in [7, 11) is 3.06. The first kappa shape index (κ1) is 26.8. The number of hydrogen-bond acceptors (Lipinski definition) is 8. The number of esters is 1. The molecule has 0 atom stereocenters. The third kappa shape index (κ3) is 5.68. The Morgan fingerprint density at radius 1 is 0.921 bits per heavy atom. The summed E-state index contributed by atoms with van der Waals surface area (Å²) in [5.41, 5.74) is 2.33. The van der Waals surface area contributed by atoms with Gasteiger partial charge in [0.2, 0.25) is 0 Å². The van der Waals surface area contributed by atoms with Crippen LogP contribution in [0.1, 0.15) is 29.3 Å². The number of anilines is 2. The number of ether oxygens (including phenoxy) is 3. The summed E-state index contributed by atoms with van der Waals surface area (Å²) in [4.78, 5) is 41.7. The topological polar surface area (TPSA) is 94.2 Å². The molecule has 1 aliphatic rings. The van der Waals surface area contributed by atoms with Gasteiger partial charge in [0.15, 0.2) is 0 Å². The maximum atomic E-state index is 13.7. The van der Waals surface area contributed by atoms with Crippen molar-refractivity contribution in [2.45, 2.75) is 25.2 Å². The Balaban J connectivity index is 1.71. The monoisotopic (exact) mass is 532 g/mol. The third-order valence-electron chi connectivity index (χ3n) is 5.75. The normalized spacial score (nSPS) is 13.1. The molecule has 1 N–H and O–H groups in total. The van der Waals surface area contributed by atoms with Gasteiger partial charge in [-0.15, -0.1) is 0 Å². The predicted octanol–water partition coefficient (Wildman–Crippen LogP) is 5.57. The Morgan fingerprint density at radius 2 is 1.63 bits per heavy atom. The minimum Gasteiger partial charge on any atom is -0.497 e. The summed E-state index contributed by atoms with van der Waals surface area (Å²) in [6, 6.07) is 19.0. The van der Waals surface area contributed by atoms with E-state index in [0.29, 0.717) is 41.5 Å². The van der Waals surface area contributed by atoms with Crippen LogP contribution in [0.5, 0.6) is 11.5 Å². The van der Waals surface area contributed by atoms with Gasteiger partial charge in [0, 0.05) is 11.0 Å². The second-order valence-corrected chi connectivity index (χ2v) is 9.52. The average molecular weight is 533 g/mol. The van der Waals surface area contributed by atoms with E-state index in [1.807, 2.05) is 38.1 Å². The number of benzene rings is 3. The summed E-state index contributed by atoms with van der Waals surface area (Å²) in [6.07, 6.45) is 0.710. The first-order chi connectivity index (χ1) is 18.4. The van der Waals surface area contributed by atoms with E-state index in [1.165, 1.54) is 38.1 Å². The van der Waals surface area contributed by atoms with Crippen LogP contribution < -0.4 is 19.7 Å². The van der Waals surface area contributed by atoms with Gasteiger partial charge in [-0.05, 0) is 61.9 Å². The number of methoxy groups -OCH3 is 2. The molecule has 196 valence electrons. The summed E-state index contributed by atoms with van der Waals surface area (Å²) < 4.78 is 16.0. The highest BCUT2D eigenvalue weighted by Crippen LogP contribution is 2.39. The second kappa shape index (κ2) is 11.9. The fourth-order valence-corrected chi connectivity index (χ4v) is 4.67. The molecule has 0 fully saturated rings. The molecular formula is C29H28N2O6S. The number of nitrogens with one attached hydrogen (secondary N) is 1. The highest BCUT2D eigenvalue weighted by Gasteiger charge is 2.40. The Labute approximate surface area is 225 Å². The van der Waals surface area contributed by atoms with E-state index in [9.17, 15) is 14.4 Å². The molecule has 38 heavy (non-hydrogen) atoms. The van der Waals surface area contributed by atoms with Crippen LogP contribution in [-0.4, -0.2) is 38.6 Å². The van der Waals surface area contributed by atoms with Crippen molar-refractivity contribution in [3.8, 4) is 11.5 Å². The number of carbonyl (C=O) groups excluding carboxylic acids is 3. The van der Waals surface area contributed by atoms with Crippen LogP contribution in [0.15, 0.2) is 82.2 Å². The first-order valence-corrected chi connectivity index (χ1v) is 12.8. The molecule has 0 radical (unpaired) electrons. The molecule has 0 bridgehead atoms. The van der Waals surface area contributed by atoms with Crippen LogP contribution in [0.3, 0.4) is 0 Å². The van der Waals surface area contributed by atoms with Crippen molar-refractivity contribution in [1.82, 2.24) is 0 Å². The molecule has 1 aliphatic heterocycles. The quantitative estimate of drug-likeness (QED) is 0.268. The summed E-state index contributed by atoms with van der Waals surface area (Å²) in [5.74, 6) is -0.437. The van der Waals surface area contributed by atoms with Gasteiger partial charge in [-0.25, -0.2) is 9.69 Å². The lowest BCUT2D eigenvalue weighted by atomic mass is 10.2. The van der Waals surface area contributed by atoms with Gasteiger partial charge in [-0.2, -0.15) is 0 Å². The maximum absolute atomic E-state index is 13.7. The van der Waals surface area contributed by atoms with E-state index < -0.39 is 17.8 Å². The number of hydrogen-bond donors (Lipinski definition) is 1. The molecule has 1 heterocycles. The predicted molar refractivity (Wildman–Crippen MR) is 147 cm³/mol. The van der Waals surface area contributed by atoms with Crippen LogP contribution in [0.25, 0.3) is 0 Å². The van der Waals surface area contributed by atoms with Crippen LogP contribution in [0.2, 0.25) is 0 Å². The van der Waals surface area contributed by atoms with Gasteiger partial charge in [0.1, 0.15) is 22.1 Å². The molecule has 0 aliphatic carbocycles. The first-order valence-electron chi connectivity index (χ1n) is 12.0. The molecule has 8 nitrogen and oxygen atoms in total. The number of carbonyl (C=O) groups is 3. The standard InChI is InChI=1S/C29H28N2O6S/c1-5-16-37-29(34)19-8-10-20(11-9-19)31-27(32)25(30-23-17-21(35-3)12-15-24(23)36-4)26(28(31)33)38-22-13-6-18(2)7-14-22/h6-15,17,30H,5,16H2,1-4H3. The van der Waals surface area contributed by atoms with Crippen molar-refractivity contribution in [2.24, 2.45) is 0 Å². The Kier molecular flexibility index (Phi) is 8.38. The van der Waals surface area contributed by atoms with Crippen molar-refractivity contribution in [2.75, 3.05) is 31.0 Å². The van der Waals surface area contributed by atoms with Gasteiger partial charge in [0.25, 0.3) is 11.8 Å². The third-order valence-corrected chi connectivity index (χ3v) is 6.84. The van der Waals surface area contributed by atoms with E-state index in [0.717, 1.165) is 15.4 Å². The van der Waals surface area contributed by atoms with Gasteiger partial charge < -0.3 is 19.5 Å². The molecule has 4 rings (SSSR count). The molecule has 0 aromatic heterocycles. The average Bonchev–Trinajstić information content (AvgIpc) is 3.16. The summed E-state index contributed by atoms with van der Waals surface area (Å²) in [6.45, 7) is 4.20. The van der Waals surface area contributed by atoms with E-state index in [4.69, 9.17) is 14.2 Å². The van der Waals surface area contributed by atoms with Crippen LogP contribution in [0.4, 0.5) is 11.4 Å². The zero-order valence-electron chi connectivity index (χ0n) is 21.6. The lowest BCUT2D eigenvalue weighted by Crippen LogP contribution is -2.32. The lowest BCUT2D eigenvalue weighted by molar-refractivity contribution is -0.120. The zero-order valence-corrected chi connectivity index (χ0v) is 22.4. The summed E-state index contributed by atoms with van der Waals surface area (Å²) in [5, 5.41) is 3.12. The fraction of sp³-hybridized carbons (Fsp3) is 0.207. The van der Waals surface area contributed by atoms with Crippen molar-refractivity contribution >= 4 is 40.9 Å². The maximum Gasteiger partial charge on any atom is 0.338 e. The Bertz CT molecular complexity index is 1380. The minimum absolute atomic E-state index is 0.110. The SMILES string of the molecule is CCCOC(=O)c1ccc(N2C(=O)C(Nc3cc(OC)ccc3OC)=C(Sc3ccc(C)cc3)C2=O)cc1. The summed E-state index contributed by atoms with van der Waals surface area (Å²) >= 11 is 1.20. The Hall–Kier alpha value is -4.24. The van der Waals surface area contributed by atoms with Crippen molar-refractivity contribution < 1.29 is 28.6 Å².